The van der Waals surface area contributed by atoms with Crippen LogP contribution in [0.3, 0.4) is 0 Å². The Balaban J connectivity index is 1.59. The molecular weight excluding hydrogens is 240 g/mol. The van der Waals surface area contributed by atoms with Crippen LogP contribution in [0.4, 0.5) is 0 Å². The summed E-state index contributed by atoms with van der Waals surface area (Å²) in [5, 5.41) is 4.32. The molecule has 0 spiro atoms. The van der Waals surface area contributed by atoms with E-state index in [-0.39, 0.29) is 0 Å². The number of ether oxygens (including phenoxy) is 2. The Kier molecular flexibility index (Phi) is 3.79. The number of aromatic nitrogens is 2. The summed E-state index contributed by atoms with van der Waals surface area (Å²) in [5.74, 6) is 1.43. The van der Waals surface area contributed by atoms with Crippen LogP contribution in [-0.4, -0.2) is 29.6 Å². The van der Waals surface area contributed by atoms with Gasteiger partial charge in [0.05, 0.1) is 24.7 Å². The molecule has 0 amide bonds. The first-order valence-corrected chi connectivity index (χ1v) is 6.72. The van der Waals surface area contributed by atoms with Crippen LogP contribution in [-0.2, 0) is 4.74 Å². The molecule has 0 aliphatic carbocycles. The van der Waals surface area contributed by atoms with Crippen LogP contribution in [0.2, 0.25) is 0 Å². The minimum absolute atomic E-state index is 0.605. The van der Waals surface area contributed by atoms with Gasteiger partial charge in [0.25, 0.3) is 0 Å². The highest BCUT2D eigenvalue weighted by Gasteiger charge is 2.14. The van der Waals surface area contributed by atoms with Crippen molar-refractivity contribution in [3.05, 3.63) is 42.7 Å². The number of rotatable bonds is 4. The number of benzene rings is 1. The van der Waals surface area contributed by atoms with E-state index in [1.807, 2.05) is 41.2 Å². The zero-order chi connectivity index (χ0) is 12.9. The summed E-state index contributed by atoms with van der Waals surface area (Å²) in [5.41, 5.74) is 1.04. The molecule has 1 aliphatic heterocycles. The molecule has 3 rings (SSSR count). The number of para-hydroxylation sites is 1. The lowest BCUT2D eigenvalue weighted by molar-refractivity contribution is 0.0497. The first-order chi connectivity index (χ1) is 9.42. The summed E-state index contributed by atoms with van der Waals surface area (Å²) in [4.78, 5) is 0. The van der Waals surface area contributed by atoms with Gasteiger partial charge in [-0.25, -0.2) is 4.68 Å². The minimum Gasteiger partial charge on any atom is -0.490 e. The van der Waals surface area contributed by atoms with E-state index in [4.69, 9.17) is 9.47 Å². The molecule has 1 saturated heterocycles. The standard InChI is InChI=1S/C15H18N2O2/c1-2-4-14(5-3-1)17-11-15(10-16-17)19-12-13-6-8-18-9-7-13/h1-5,10-11,13H,6-9,12H2. The molecule has 1 aromatic heterocycles. The van der Waals surface area contributed by atoms with Crippen molar-refractivity contribution in [2.24, 2.45) is 5.92 Å². The zero-order valence-electron chi connectivity index (χ0n) is 10.9. The van der Waals surface area contributed by atoms with Crippen molar-refractivity contribution in [3.63, 3.8) is 0 Å². The molecule has 0 bridgehead atoms. The zero-order valence-corrected chi connectivity index (χ0v) is 10.9. The highest BCUT2D eigenvalue weighted by Crippen LogP contribution is 2.18. The average Bonchev–Trinajstić information content (AvgIpc) is 2.96. The Labute approximate surface area is 113 Å². The molecule has 4 heteroatoms. The molecular formula is C15H18N2O2. The van der Waals surface area contributed by atoms with E-state index in [1.165, 1.54) is 0 Å². The first-order valence-electron chi connectivity index (χ1n) is 6.72. The van der Waals surface area contributed by atoms with Gasteiger partial charge in [-0.15, -0.1) is 0 Å². The quantitative estimate of drug-likeness (QED) is 0.846. The van der Waals surface area contributed by atoms with Crippen LogP contribution in [0.5, 0.6) is 5.75 Å². The largest absolute Gasteiger partial charge is 0.490 e. The maximum absolute atomic E-state index is 5.81. The lowest BCUT2D eigenvalue weighted by Crippen LogP contribution is -2.21. The maximum atomic E-state index is 5.81. The lowest BCUT2D eigenvalue weighted by atomic mass is 10.0. The summed E-state index contributed by atoms with van der Waals surface area (Å²) in [7, 11) is 0. The molecule has 4 nitrogen and oxygen atoms in total. The fourth-order valence-corrected chi connectivity index (χ4v) is 2.23. The minimum atomic E-state index is 0.605. The highest BCUT2D eigenvalue weighted by molar-refractivity contribution is 5.32. The fourth-order valence-electron chi connectivity index (χ4n) is 2.23. The van der Waals surface area contributed by atoms with Crippen molar-refractivity contribution < 1.29 is 9.47 Å². The normalized spacial score (nSPS) is 16.4. The van der Waals surface area contributed by atoms with E-state index in [0.29, 0.717) is 5.92 Å². The molecule has 0 N–H and O–H groups in total. The Morgan fingerprint density at radius 3 is 2.79 bits per heavy atom. The van der Waals surface area contributed by atoms with Gasteiger partial charge in [0.1, 0.15) is 0 Å². The van der Waals surface area contributed by atoms with Crippen LogP contribution in [0.25, 0.3) is 5.69 Å². The van der Waals surface area contributed by atoms with Gasteiger partial charge in [-0.2, -0.15) is 5.10 Å². The van der Waals surface area contributed by atoms with Crippen molar-refractivity contribution in [2.45, 2.75) is 12.8 Å². The lowest BCUT2D eigenvalue weighted by Gasteiger charge is -2.21. The van der Waals surface area contributed by atoms with Crippen LogP contribution < -0.4 is 4.74 Å². The third-order valence-electron chi connectivity index (χ3n) is 3.41. The van der Waals surface area contributed by atoms with Crippen molar-refractivity contribution in [2.75, 3.05) is 19.8 Å². The molecule has 2 heterocycles. The van der Waals surface area contributed by atoms with Crippen molar-refractivity contribution in [1.29, 1.82) is 0 Å². The van der Waals surface area contributed by atoms with Gasteiger partial charge in [0.2, 0.25) is 0 Å². The fraction of sp³-hybridized carbons (Fsp3) is 0.400. The van der Waals surface area contributed by atoms with Crippen LogP contribution in [0.15, 0.2) is 42.7 Å². The summed E-state index contributed by atoms with van der Waals surface area (Å²) in [6.07, 6.45) is 5.88. The Hall–Kier alpha value is -1.81. The van der Waals surface area contributed by atoms with E-state index in [2.05, 4.69) is 5.10 Å². The van der Waals surface area contributed by atoms with Crippen molar-refractivity contribution in [1.82, 2.24) is 9.78 Å². The monoisotopic (exact) mass is 258 g/mol. The molecule has 100 valence electrons. The highest BCUT2D eigenvalue weighted by atomic mass is 16.5. The Morgan fingerprint density at radius 2 is 2.00 bits per heavy atom. The second kappa shape index (κ2) is 5.89. The number of hydrogen-bond donors (Lipinski definition) is 0. The molecule has 1 fully saturated rings. The second-order valence-electron chi connectivity index (χ2n) is 4.82. The molecule has 0 unspecified atom stereocenters. The average molecular weight is 258 g/mol. The van der Waals surface area contributed by atoms with Gasteiger partial charge in [-0.3, -0.25) is 0 Å². The molecule has 0 saturated carbocycles. The SMILES string of the molecule is c1ccc(-n2cc(OCC3CCOCC3)cn2)cc1. The molecule has 2 aromatic rings. The number of nitrogens with zero attached hydrogens (tertiary/aromatic N) is 2. The van der Waals surface area contributed by atoms with Gasteiger partial charge in [-0.05, 0) is 30.9 Å². The number of hydrogen-bond acceptors (Lipinski definition) is 3. The molecule has 0 atom stereocenters. The van der Waals surface area contributed by atoms with Crippen LogP contribution >= 0.6 is 0 Å². The Bertz CT molecular complexity index is 504. The summed E-state index contributed by atoms with van der Waals surface area (Å²) < 4.78 is 13.0. The topological polar surface area (TPSA) is 36.3 Å². The third-order valence-corrected chi connectivity index (χ3v) is 3.41. The van der Waals surface area contributed by atoms with Gasteiger partial charge < -0.3 is 9.47 Å². The smallest absolute Gasteiger partial charge is 0.157 e. The van der Waals surface area contributed by atoms with Crippen LogP contribution in [0.1, 0.15) is 12.8 Å². The summed E-state index contributed by atoms with van der Waals surface area (Å²) >= 11 is 0. The summed E-state index contributed by atoms with van der Waals surface area (Å²) in [6, 6.07) is 10.0. The predicted octanol–water partition coefficient (Wildman–Crippen LogP) is 2.68. The maximum Gasteiger partial charge on any atom is 0.157 e. The Morgan fingerprint density at radius 1 is 1.21 bits per heavy atom. The van der Waals surface area contributed by atoms with Crippen LogP contribution in [0, 0.1) is 5.92 Å². The van der Waals surface area contributed by atoms with Gasteiger partial charge in [-0.1, -0.05) is 18.2 Å². The van der Waals surface area contributed by atoms with E-state index in [0.717, 1.165) is 44.1 Å². The third kappa shape index (κ3) is 3.15. The van der Waals surface area contributed by atoms with E-state index < -0.39 is 0 Å². The molecule has 1 aliphatic rings. The summed E-state index contributed by atoms with van der Waals surface area (Å²) in [6.45, 7) is 2.47. The van der Waals surface area contributed by atoms with Crippen molar-refractivity contribution >= 4 is 0 Å². The van der Waals surface area contributed by atoms with Gasteiger partial charge in [0.15, 0.2) is 5.75 Å². The molecule has 19 heavy (non-hydrogen) atoms. The first kappa shape index (κ1) is 12.2. The molecule has 1 aromatic carbocycles. The van der Waals surface area contributed by atoms with Gasteiger partial charge in [0, 0.05) is 13.2 Å². The second-order valence-corrected chi connectivity index (χ2v) is 4.82. The predicted molar refractivity (Wildman–Crippen MR) is 72.6 cm³/mol. The van der Waals surface area contributed by atoms with E-state index in [1.54, 1.807) is 6.20 Å². The van der Waals surface area contributed by atoms with E-state index >= 15 is 0 Å². The molecule has 0 radical (unpaired) electrons. The van der Waals surface area contributed by atoms with Crippen molar-refractivity contribution in [3.8, 4) is 11.4 Å². The van der Waals surface area contributed by atoms with E-state index in [9.17, 15) is 0 Å². The van der Waals surface area contributed by atoms with Gasteiger partial charge >= 0.3 is 0 Å².